The zero-order valence-electron chi connectivity index (χ0n) is 22.0. The predicted molar refractivity (Wildman–Crippen MR) is 139 cm³/mol. The Morgan fingerprint density at radius 3 is 1.45 bits per heavy atom. The maximum absolute atomic E-state index is 12.2. The van der Waals surface area contributed by atoms with Gasteiger partial charge in [0.1, 0.15) is 6.10 Å². The van der Waals surface area contributed by atoms with Crippen molar-refractivity contribution in [2.24, 2.45) is 0 Å². The van der Waals surface area contributed by atoms with Gasteiger partial charge in [-0.15, -0.1) is 0 Å². The minimum Gasteiger partial charge on any atom is -0.394 e. The average molecular weight is 472 g/mol. The summed E-state index contributed by atoms with van der Waals surface area (Å²) in [7, 11) is 0. The van der Waals surface area contributed by atoms with Crippen LogP contribution in [0, 0.1) is 0 Å². The second-order valence-electron chi connectivity index (χ2n) is 9.96. The summed E-state index contributed by atoms with van der Waals surface area (Å²) in [6, 6.07) is -0.797. The first-order chi connectivity index (χ1) is 16.1. The molecule has 4 N–H and O–H groups in total. The molecule has 0 saturated heterocycles. The van der Waals surface area contributed by atoms with Crippen molar-refractivity contribution in [1.82, 2.24) is 5.32 Å². The van der Waals surface area contributed by atoms with Crippen molar-refractivity contribution in [1.29, 1.82) is 0 Å². The van der Waals surface area contributed by atoms with E-state index in [-0.39, 0.29) is 12.5 Å². The summed E-state index contributed by atoms with van der Waals surface area (Å²) in [6.07, 6.45) is 21.9. The van der Waals surface area contributed by atoms with E-state index < -0.39 is 18.2 Å². The quantitative estimate of drug-likeness (QED) is 0.116. The van der Waals surface area contributed by atoms with Crippen LogP contribution in [0.1, 0.15) is 149 Å². The zero-order valence-corrected chi connectivity index (χ0v) is 22.0. The van der Waals surface area contributed by atoms with Gasteiger partial charge in [-0.25, -0.2) is 0 Å². The summed E-state index contributed by atoms with van der Waals surface area (Å²) in [6.45, 7) is 4.10. The topological polar surface area (TPSA) is 89.8 Å². The van der Waals surface area contributed by atoms with E-state index >= 15 is 0 Å². The normalized spacial score (nSPS) is 14.2. The molecule has 0 unspecified atom stereocenters. The number of aliphatic hydroxyl groups excluding tert-OH is 3. The molecule has 0 aromatic carbocycles. The minimum absolute atomic E-state index is 0.152. The molecule has 0 aliphatic heterocycles. The number of carbonyl (C=O) groups excluding carboxylic acids is 1. The highest BCUT2D eigenvalue weighted by molar-refractivity contribution is 5.76. The number of hydrogen-bond acceptors (Lipinski definition) is 4. The maximum Gasteiger partial charge on any atom is 0.220 e. The molecule has 0 radical (unpaired) electrons. The molecule has 0 spiro atoms. The van der Waals surface area contributed by atoms with E-state index in [2.05, 4.69) is 19.2 Å². The Labute approximate surface area is 205 Å². The van der Waals surface area contributed by atoms with E-state index in [0.717, 1.165) is 38.5 Å². The lowest BCUT2D eigenvalue weighted by atomic mass is 9.99. The first-order valence-electron chi connectivity index (χ1n) is 14.3. The molecule has 0 aromatic heterocycles. The standard InChI is InChI=1S/C28H57NO4/c1-3-5-7-9-11-13-14-15-16-18-20-22-26(31)28(33)25(24-30)29-27(32)23-21-19-17-12-10-8-6-4-2/h25-26,28,30-31,33H,3-24H2,1-2H3,(H,29,32)/t25-,26+,28-/m0/s1. The largest absolute Gasteiger partial charge is 0.394 e. The number of amides is 1. The summed E-state index contributed by atoms with van der Waals surface area (Å²) in [5.74, 6) is -0.152. The van der Waals surface area contributed by atoms with Crippen molar-refractivity contribution in [3.8, 4) is 0 Å². The predicted octanol–water partition coefficient (Wildman–Crippen LogP) is 6.42. The number of carbonyl (C=O) groups is 1. The monoisotopic (exact) mass is 471 g/mol. The van der Waals surface area contributed by atoms with Gasteiger partial charge in [0, 0.05) is 6.42 Å². The Balaban J connectivity index is 3.78. The Kier molecular flexibility index (Phi) is 24.0. The van der Waals surface area contributed by atoms with Crippen LogP contribution in [0.25, 0.3) is 0 Å². The van der Waals surface area contributed by atoms with Gasteiger partial charge in [0.05, 0.1) is 18.8 Å². The second kappa shape index (κ2) is 24.5. The van der Waals surface area contributed by atoms with E-state index in [1.807, 2.05) is 0 Å². The van der Waals surface area contributed by atoms with E-state index in [1.165, 1.54) is 83.5 Å². The first kappa shape index (κ1) is 32.4. The van der Waals surface area contributed by atoms with Gasteiger partial charge in [-0.2, -0.15) is 0 Å². The van der Waals surface area contributed by atoms with Crippen LogP contribution in [0.5, 0.6) is 0 Å². The fraction of sp³-hybridized carbons (Fsp3) is 0.964. The molecule has 0 aliphatic rings. The Bertz CT molecular complexity index is 419. The Morgan fingerprint density at radius 1 is 0.636 bits per heavy atom. The molecule has 0 saturated carbocycles. The van der Waals surface area contributed by atoms with Crippen molar-refractivity contribution in [2.45, 2.75) is 167 Å². The maximum atomic E-state index is 12.2. The molecule has 33 heavy (non-hydrogen) atoms. The second-order valence-corrected chi connectivity index (χ2v) is 9.96. The molecule has 5 nitrogen and oxygen atoms in total. The molecule has 0 aromatic rings. The average Bonchev–Trinajstić information content (AvgIpc) is 2.82. The van der Waals surface area contributed by atoms with Crippen molar-refractivity contribution < 1.29 is 20.1 Å². The molecule has 0 rings (SSSR count). The van der Waals surface area contributed by atoms with Gasteiger partial charge in [0.2, 0.25) is 5.91 Å². The molecular weight excluding hydrogens is 414 g/mol. The zero-order chi connectivity index (χ0) is 24.6. The van der Waals surface area contributed by atoms with Crippen LogP contribution in [0.15, 0.2) is 0 Å². The van der Waals surface area contributed by atoms with Crippen LogP contribution >= 0.6 is 0 Å². The highest BCUT2D eigenvalue weighted by Crippen LogP contribution is 2.15. The van der Waals surface area contributed by atoms with Crippen LogP contribution < -0.4 is 5.32 Å². The van der Waals surface area contributed by atoms with Crippen molar-refractivity contribution in [2.75, 3.05) is 6.61 Å². The smallest absolute Gasteiger partial charge is 0.220 e. The molecule has 0 bridgehead atoms. The minimum atomic E-state index is -1.12. The molecule has 198 valence electrons. The van der Waals surface area contributed by atoms with Gasteiger partial charge in [0.15, 0.2) is 0 Å². The molecule has 3 atom stereocenters. The van der Waals surface area contributed by atoms with Gasteiger partial charge in [-0.05, 0) is 12.8 Å². The lowest BCUT2D eigenvalue weighted by molar-refractivity contribution is -0.124. The third kappa shape index (κ3) is 20.4. The molecule has 0 fully saturated rings. The fourth-order valence-electron chi connectivity index (χ4n) is 4.39. The van der Waals surface area contributed by atoms with Gasteiger partial charge in [-0.3, -0.25) is 4.79 Å². The van der Waals surface area contributed by atoms with E-state index in [9.17, 15) is 20.1 Å². The summed E-state index contributed by atoms with van der Waals surface area (Å²) < 4.78 is 0. The molecule has 5 heteroatoms. The summed E-state index contributed by atoms with van der Waals surface area (Å²) in [4.78, 5) is 12.2. The van der Waals surface area contributed by atoms with Gasteiger partial charge in [0.25, 0.3) is 0 Å². The van der Waals surface area contributed by atoms with Gasteiger partial charge < -0.3 is 20.6 Å². The molecular formula is C28H57NO4. The van der Waals surface area contributed by atoms with Gasteiger partial charge >= 0.3 is 0 Å². The van der Waals surface area contributed by atoms with E-state index in [0.29, 0.717) is 12.8 Å². The number of nitrogens with one attached hydrogen (secondary N) is 1. The SMILES string of the molecule is CCCCCCCCCCCCC[C@@H](O)[C@@H](O)[C@H](CO)NC(=O)CCCCCCCCCC. The summed E-state index contributed by atoms with van der Waals surface area (Å²) >= 11 is 0. The first-order valence-corrected chi connectivity index (χ1v) is 14.3. The van der Waals surface area contributed by atoms with E-state index in [4.69, 9.17) is 0 Å². The van der Waals surface area contributed by atoms with Gasteiger partial charge in [-0.1, -0.05) is 129 Å². The van der Waals surface area contributed by atoms with Crippen LogP contribution in [-0.4, -0.2) is 46.1 Å². The number of unbranched alkanes of at least 4 members (excludes halogenated alkanes) is 17. The summed E-state index contributed by atoms with van der Waals surface area (Å²) in [5.41, 5.74) is 0. The fourth-order valence-corrected chi connectivity index (χ4v) is 4.39. The van der Waals surface area contributed by atoms with Crippen molar-refractivity contribution in [3.05, 3.63) is 0 Å². The lowest BCUT2D eigenvalue weighted by Gasteiger charge is -2.26. The van der Waals surface area contributed by atoms with Crippen LogP contribution in [-0.2, 0) is 4.79 Å². The third-order valence-corrected chi connectivity index (χ3v) is 6.71. The number of hydrogen-bond donors (Lipinski definition) is 4. The van der Waals surface area contributed by atoms with Crippen LogP contribution in [0.4, 0.5) is 0 Å². The molecule has 1 amide bonds. The highest BCUT2D eigenvalue weighted by atomic mass is 16.3. The Hall–Kier alpha value is -0.650. The Morgan fingerprint density at radius 2 is 1.03 bits per heavy atom. The van der Waals surface area contributed by atoms with Crippen LogP contribution in [0.2, 0.25) is 0 Å². The van der Waals surface area contributed by atoms with Crippen molar-refractivity contribution >= 4 is 5.91 Å². The van der Waals surface area contributed by atoms with Crippen LogP contribution in [0.3, 0.4) is 0 Å². The lowest BCUT2D eigenvalue weighted by Crippen LogP contribution is -2.50. The van der Waals surface area contributed by atoms with Crippen molar-refractivity contribution in [3.63, 3.8) is 0 Å². The number of aliphatic hydroxyl groups is 3. The number of rotatable bonds is 25. The third-order valence-electron chi connectivity index (χ3n) is 6.71. The highest BCUT2D eigenvalue weighted by Gasteiger charge is 2.26. The molecule has 0 heterocycles. The van der Waals surface area contributed by atoms with E-state index in [1.54, 1.807) is 0 Å². The summed E-state index contributed by atoms with van der Waals surface area (Å²) in [5, 5.41) is 33.0. The molecule has 0 aliphatic carbocycles.